The molecule has 2 aromatic carbocycles. The van der Waals surface area contributed by atoms with Gasteiger partial charge in [0.1, 0.15) is 12.4 Å². The molecule has 1 aliphatic heterocycles. The van der Waals surface area contributed by atoms with Crippen molar-refractivity contribution in [2.45, 2.75) is 32.9 Å². The number of hydrogen-bond acceptors (Lipinski definition) is 6. The van der Waals surface area contributed by atoms with Gasteiger partial charge in [0, 0.05) is 12.6 Å². The van der Waals surface area contributed by atoms with Gasteiger partial charge in [-0.2, -0.15) is 0 Å². The first kappa shape index (κ1) is 23.7. The molecule has 3 rings (SSSR count). The Labute approximate surface area is 189 Å². The third-order valence-corrected chi connectivity index (χ3v) is 6.45. The molecule has 0 atom stereocenters. The highest BCUT2D eigenvalue weighted by Crippen LogP contribution is 2.38. The second kappa shape index (κ2) is 9.28. The zero-order chi connectivity index (χ0) is 23.5. The largest absolute Gasteiger partial charge is 0.493 e. The Bertz CT molecular complexity index is 1100. The number of carbonyl (C=O) groups excluding carboxylic acids is 1. The molecule has 1 amide bonds. The van der Waals surface area contributed by atoms with Crippen LogP contribution in [0.3, 0.4) is 0 Å². The lowest BCUT2D eigenvalue weighted by Crippen LogP contribution is -2.42. The van der Waals surface area contributed by atoms with E-state index in [1.54, 1.807) is 41.3 Å². The third-order valence-electron chi connectivity index (χ3n) is 5.19. The number of amides is 1. The van der Waals surface area contributed by atoms with E-state index in [1.807, 2.05) is 20.8 Å². The van der Waals surface area contributed by atoms with Crippen LogP contribution in [-0.4, -0.2) is 41.7 Å². The SMILES string of the molecule is CCCN1C(=O)C(C)(C)COc2cc(NS(=O)(=O)Cc3ccc(OC)c(OC)c3)ccc21. The number of methoxy groups -OCH3 is 2. The van der Waals surface area contributed by atoms with Crippen LogP contribution >= 0.6 is 0 Å². The average molecular weight is 463 g/mol. The fraction of sp³-hybridized carbons (Fsp3) is 0.435. The molecule has 1 N–H and O–H groups in total. The van der Waals surface area contributed by atoms with Crippen LogP contribution in [0.15, 0.2) is 36.4 Å². The first-order valence-corrected chi connectivity index (χ1v) is 12.1. The maximum Gasteiger partial charge on any atom is 0.236 e. The van der Waals surface area contributed by atoms with Gasteiger partial charge in [0.15, 0.2) is 11.5 Å². The highest BCUT2D eigenvalue weighted by Gasteiger charge is 2.37. The Morgan fingerprint density at radius 2 is 1.81 bits per heavy atom. The van der Waals surface area contributed by atoms with Crippen LogP contribution in [0, 0.1) is 5.41 Å². The molecule has 0 saturated carbocycles. The number of nitrogens with one attached hydrogen (secondary N) is 1. The molecule has 0 bridgehead atoms. The molecule has 32 heavy (non-hydrogen) atoms. The molecular formula is C23H30N2O6S. The summed E-state index contributed by atoms with van der Waals surface area (Å²) in [5.41, 5.74) is 0.891. The van der Waals surface area contributed by atoms with Crippen molar-refractivity contribution in [1.29, 1.82) is 0 Å². The summed E-state index contributed by atoms with van der Waals surface area (Å²) in [5, 5.41) is 0. The molecule has 174 valence electrons. The van der Waals surface area contributed by atoms with Crippen molar-refractivity contribution in [3.8, 4) is 17.2 Å². The summed E-state index contributed by atoms with van der Waals surface area (Å²) in [6.45, 7) is 6.46. The highest BCUT2D eigenvalue weighted by molar-refractivity contribution is 7.91. The Morgan fingerprint density at radius 1 is 1.09 bits per heavy atom. The summed E-state index contributed by atoms with van der Waals surface area (Å²) >= 11 is 0. The third kappa shape index (κ3) is 5.09. The zero-order valence-electron chi connectivity index (χ0n) is 19.1. The van der Waals surface area contributed by atoms with Gasteiger partial charge in [-0.05, 0) is 50.1 Å². The first-order valence-electron chi connectivity index (χ1n) is 10.4. The Kier molecular flexibility index (Phi) is 6.88. The van der Waals surface area contributed by atoms with Crippen LogP contribution in [-0.2, 0) is 20.6 Å². The summed E-state index contributed by atoms with van der Waals surface area (Å²) < 4.78 is 44.5. The summed E-state index contributed by atoms with van der Waals surface area (Å²) in [7, 11) is -0.689. The number of benzene rings is 2. The minimum atomic E-state index is -3.71. The van der Waals surface area contributed by atoms with Crippen LogP contribution < -0.4 is 23.8 Å². The number of hydrogen-bond donors (Lipinski definition) is 1. The standard InChI is InChI=1S/C23H30N2O6S/c1-6-11-25-18-9-8-17(13-20(18)31-15-23(2,3)22(25)26)24-32(27,28)14-16-7-10-19(29-4)21(12-16)30-5/h7-10,12-13,24H,6,11,14-15H2,1-5H3. The van der Waals surface area contributed by atoms with E-state index in [4.69, 9.17) is 14.2 Å². The minimum absolute atomic E-state index is 0.0140. The van der Waals surface area contributed by atoms with Gasteiger partial charge < -0.3 is 19.1 Å². The van der Waals surface area contributed by atoms with Gasteiger partial charge in [-0.1, -0.05) is 13.0 Å². The van der Waals surface area contributed by atoms with Gasteiger partial charge in [-0.25, -0.2) is 8.42 Å². The predicted molar refractivity (Wildman–Crippen MR) is 124 cm³/mol. The molecule has 0 unspecified atom stereocenters. The first-order chi connectivity index (χ1) is 15.1. The molecule has 8 nitrogen and oxygen atoms in total. The van der Waals surface area contributed by atoms with Crippen molar-refractivity contribution in [3.63, 3.8) is 0 Å². The number of rotatable bonds is 8. The predicted octanol–water partition coefficient (Wildman–Crippen LogP) is 3.81. The number of carbonyl (C=O) groups is 1. The zero-order valence-corrected chi connectivity index (χ0v) is 19.9. The molecule has 1 heterocycles. The number of ether oxygens (including phenoxy) is 3. The summed E-state index contributed by atoms with van der Waals surface area (Å²) in [6.07, 6.45) is 0.793. The fourth-order valence-electron chi connectivity index (χ4n) is 3.56. The van der Waals surface area contributed by atoms with Crippen molar-refractivity contribution >= 4 is 27.3 Å². The van der Waals surface area contributed by atoms with Crippen molar-refractivity contribution in [2.75, 3.05) is 37.0 Å². The quantitative estimate of drug-likeness (QED) is 0.641. The minimum Gasteiger partial charge on any atom is -0.493 e. The molecule has 2 aromatic rings. The summed E-state index contributed by atoms with van der Waals surface area (Å²) in [5.74, 6) is 1.21. The highest BCUT2D eigenvalue weighted by atomic mass is 32.2. The van der Waals surface area contributed by atoms with Crippen LogP contribution in [0.5, 0.6) is 17.2 Å². The van der Waals surface area contributed by atoms with Crippen molar-refractivity contribution in [1.82, 2.24) is 0 Å². The lowest BCUT2D eigenvalue weighted by molar-refractivity contribution is -0.127. The maximum absolute atomic E-state index is 12.9. The average Bonchev–Trinajstić information content (AvgIpc) is 2.83. The van der Waals surface area contributed by atoms with Crippen LogP contribution in [0.4, 0.5) is 11.4 Å². The van der Waals surface area contributed by atoms with Gasteiger partial charge in [-0.15, -0.1) is 0 Å². The van der Waals surface area contributed by atoms with E-state index in [-0.39, 0.29) is 18.3 Å². The van der Waals surface area contributed by atoms with Gasteiger partial charge >= 0.3 is 0 Å². The second-order valence-corrected chi connectivity index (χ2v) is 10.1. The molecule has 0 aromatic heterocycles. The Hall–Kier alpha value is -2.94. The molecular weight excluding hydrogens is 432 g/mol. The summed E-state index contributed by atoms with van der Waals surface area (Å²) in [4.78, 5) is 14.7. The molecule has 9 heteroatoms. The normalized spacial score (nSPS) is 15.4. The van der Waals surface area contributed by atoms with E-state index in [9.17, 15) is 13.2 Å². The number of nitrogens with zero attached hydrogens (tertiary/aromatic N) is 1. The van der Waals surface area contributed by atoms with E-state index in [0.29, 0.717) is 40.7 Å². The monoisotopic (exact) mass is 462 g/mol. The molecule has 0 aliphatic carbocycles. The van der Waals surface area contributed by atoms with Crippen LogP contribution in [0.25, 0.3) is 0 Å². The number of fused-ring (bicyclic) bond motifs is 1. The van der Waals surface area contributed by atoms with Gasteiger partial charge in [0.05, 0.1) is 36.8 Å². The van der Waals surface area contributed by atoms with Crippen LogP contribution in [0.2, 0.25) is 0 Å². The van der Waals surface area contributed by atoms with E-state index in [1.165, 1.54) is 14.2 Å². The summed E-state index contributed by atoms with van der Waals surface area (Å²) in [6, 6.07) is 9.96. The molecule has 0 fully saturated rings. The Morgan fingerprint density at radius 3 is 2.47 bits per heavy atom. The van der Waals surface area contributed by atoms with Crippen molar-refractivity contribution in [2.24, 2.45) is 5.41 Å². The van der Waals surface area contributed by atoms with E-state index in [0.717, 1.165) is 6.42 Å². The van der Waals surface area contributed by atoms with Crippen LogP contribution in [0.1, 0.15) is 32.8 Å². The lowest BCUT2D eigenvalue weighted by atomic mass is 9.93. The smallest absolute Gasteiger partial charge is 0.236 e. The van der Waals surface area contributed by atoms with Crippen molar-refractivity contribution < 1.29 is 27.4 Å². The lowest BCUT2D eigenvalue weighted by Gasteiger charge is -2.27. The van der Waals surface area contributed by atoms with E-state index < -0.39 is 15.4 Å². The van der Waals surface area contributed by atoms with Gasteiger partial charge in [0.25, 0.3) is 0 Å². The molecule has 0 saturated heterocycles. The maximum atomic E-state index is 12.9. The molecule has 1 aliphatic rings. The van der Waals surface area contributed by atoms with Gasteiger partial charge in [0.2, 0.25) is 15.9 Å². The van der Waals surface area contributed by atoms with E-state index >= 15 is 0 Å². The molecule has 0 spiro atoms. The van der Waals surface area contributed by atoms with Gasteiger partial charge in [-0.3, -0.25) is 9.52 Å². The number of sulfonamides is 1. The molecule has 0 radical (unpaired) electrons. The second-order valence-electron chi connectivity index (χ2n) is 8.36. The number of anilines is 2. The Balaban J connectivity index is 1.84. The fourth-order valence-corrected chi connectivity index (χ4v) is 4.74. The van der Waals surface area contributed by atoms with Crippen molar-refractivity contribution in [3.05, 3.63) is 42.0 Å². The van der Waals surface area contributed by atoms with E-state index in [2.05, 4.69) is 4.72 Å². The topological polar surface area (TPSA) is 94.2 Å².